The Morgan fingerprint density at radius 1 is 0.463 bits per heavy atom. The number of hydrogen-bond donors (Lipinski definition) is 2. The van der Waals surface area contributed by atoms with Gasteiger partial charge < -0.3 is 0 Å². The molecule has 4 heteroatoms. The first kappa shape index (κ1) is 32.5. The first-order valence-electron chi connectivity index (χ1n) is 18.6. The molecular formula is C50H39N3S. The average molecular weight is 714 g/mol. The van der Waals surface area contributed by atoms with Gasteiger partial charge >= 0.3 is 0 Å². The molecule has 260 valence electrons. The molecule has 0 radical (unpaired) electrons. The van der Waals surface area contributed by atoms with Gasteiger partial charge in [0.2, 0.25) is 0 Å². The van der Waals surface area contributed by atoms with Gasteiger partial charge in [0, 0.05) is 26.5 Å². The van der Waals surface area contributed by atoms with Crippen molar-refractivity contribution in [1.82, 2.24) is 10.9 Å². The fourth-order valence-electron chi connectivity index (χ4n) is 8.62. The van der Waals surface area contributed by atoms with Crippen molar-refractivity contribution in [2.45, 2.75) is 41.4 Å². The van der Waals surface area contributed by atoms with Crippen LogP contribution in [0.1, 0.15) is 65.3 Å². The molecule has 7 aromatic carbocycles. The highest BCUT2D eigenvalue weighted by atomic mass is 32.2. The van der Waals surface area contributed by atoms with Gasteiger partial charge in [-0.2, -0.15) is 0 Å². The smallest absolute Gasteiger partial charge is 0.152 e. The van der Waals surface area contributed by atoms with Crippen molar-refractivity contribution in [2.24, 2.45) is 4.99 Å². The SMILES string of the molecule is CC(C)(C)c1ccc(C2=NC(c3ccc4c(c3)C3(c5ccccc5S4)c4ccccc4-c4ccccc43)=C(c3ccccc3-c3ccccc3)NN2)cc1. The van der Waals surface area contributed by atoms with E-state index in [-0.39, 0.29) is 5.41 Å². The molecular weight excluding hydrogens is 675 g/mol. The molecule has 2 heterocycles. The van der Waals surface area contributed by atoms with E-state index in [2.05, 4.69) is 201 Å². The number of fused-ring (bicyclic) bond motifs is 9. The van der Waals surface area contributed by atoms with Crippen LogP contribution in [0.15, 0.2) is 185 Å². The first-order valence-corrected chi connectivity index (χ1v) is 19.5. The summed E-state index contributed by atoms with van der Waals surface area (Å²) in [4.78, 5) is 8.08. The van der Waals surface area contributed by atoms with E-state index in [1.165, 1.54) is 48.7 Å². The van der Waals surface area contributed by atoms with Crippen molar-refractivity contribution >= 4 is 29.0 Å². The van der Waals surface area contributed by atoms with Gasteiger partial charge in [-0.25, -0.2) is 4.99 Å². The highest BCUT2D eigenvalue weighted by Gasteiger charge is 2.50. The van der Waals surface area contributed by atoms with E-state index in [1.807, 2.05) is 11.8 Å². The van der Waals surface area contributed by atoms with E-state index >= 15 is 0 Å². The van der Waals surface area contributed by atoms with Crippen LogP contribution >= 0.6 is 11.8 Å². The molecule has 7 aromatic rings. The number of benzene rings is 7. The molecule has 10 rings (SSSR count). The molecule has 3 aliphatic rings. The standard InChI is InChI=1S/C50H39N3S/c1-49(2,3)35-28-25-33(26-29-35)48-51-46(47(52-53-48)39-20-8-7-17-36(39)32-15-5-4-6-16-32)34-27-30-45-43(31-34)50(42-23-13-14-24-44(42)54-45)40-21-11-9-18-37(40)38-19-10-12-22-41(38)50/h4-31,52H,1-3H3,(H,51,53). The maximum Gasteiger partial charge on any atom is 0.152 e. The maximum absolute atomic E-state index is 5.52. The molecule has 54 heavy (non-hydrogen) atoms. The summed E-state index contributed by atoms with van der Waals surface area (Å²) in [5.74, 6) is 0.787. The summed E-state index contributed by atoms with van der Waals surface area (Å²) in [7, 11) is 0. The third-order valence-corrected chi connectivity index (χ3v) is 12.3. The van der Waals surface area contributed by atoms with E-state index in [9.17, 15) is 0 Å². The second kappa shape index (κ2) is 12.5. The zero-order valence-corrected chi connectivity index (χ0v) is 31.3. The highest BCUT2D eigenvalue weighted by Crippen LogP contribution is 2.62. The number of nitrogens with one attached hydrogen (secondary N) is 2. The predicted octanol–water partition coefficient (Wildman–Crippen LogP) is 11.9. The van der Waals surface area contributed by atoms with Crippen LogP contribution in [0.25, 0.3) is 33.6 Å². The van der Waals surface area contributed by atoms with Crippen LogP contribution in [0.4, 0.5) is 0 Å². The minimum atomic E-state index is -0.473. The van der Waals surface area contributed by atoms with Crippen molar-refractivity contribution in [3.8, 4) is 22.3 Å². The van der Waals surface area contributed by atoms with E-state index in [1.54, 1.807) is 0 Å². The Kier molecular flexibility index (Phi) is 7.53. The monoisotopic (exact) mass is 713 g/mol. The Morgan fingerprint density at radius 2 is 1.02 bits per heavy atom. The average Bonchev–Trinajstić information content (AvgIpc) is 3.51. The fraction of sp³-hybridized carbons (Fsp3) is 0.100. The number of nitrogens with zero attached hydrogens (tertiary/aromatic N) is 1. The number of amidine groups is 1. The van der Waals surface area contributed by atoms with Crippen molar-refractivity contribution in [1.29, 1.82) is 0 Å². The maximum atomic E-state index is 5.52. The molecule has 1 aliphatic carbocycles. The van der Waals surface area contributed by atoms with Gasteiger partial charge in [-0.05, 0) is 73.7 Å². The minimum Gasteiger partial charge on any atom is -0.297 e. The zero-order valence-electron chi connectivity index (χ0n) is 30.5. The topological polar surface area (TPSA) is 36.4 Å². The molecule has 0 unspecified atom stereocenters. The number of rotatable bonds is 4. The van der Waals surface area contributed by atoms with Crippen LogP contribution < -0.4 is 10.9 Å². The summed E-state index contributed by atoms with van der Waals surface area (Å²) in [6.45, 7) is 6.74. The lowest BCUT2D eigenvalue weighted by Gasteiger charge is -2.40. The highest BCUT2D eigenvalue weighted by molar-refractivity contribution is 7.99. The molecule has 0 fully saturated rings. The van der Waals surface area contributed by atoms with Crippen LogP contribution in [-0.2, 0) is 10.8 Å². The van der Waals surface area contributed by atoms with E-state index in [4.69, 9.17) is 4.99 Å². The quantitative estimate of drug-likeness (QED) is 0.191. The fourth-order valence-corrected chi connectivity index (χ4v) is 9.79. The van der Waals surface area contributed by atoms with Gasteiger partial charge in [0.25, 0.3) is 0 Å². The lowest BCUT2D eigenvalue weighted by molar-refractivity contribution is 0.590. The molecule has 3 nitrogen and oxygen atoms in total. The summed E-state index contributed by atoms with van der Waals surface area (Å²) in [6, 6.07) is 62.0. The van der Waals surface area contributed by atoms with Crippen LogP contribution in [-0.4, -0.2) is 5.84 Å². The second-order valence-electron chi connectivity index (χ2n) is 15.3. The van der Waals surface area contributed by atoms with Crippen molar-refractivity contribution in [2.75, 3.05) is 0 Å². The van der Waals surface area contributed by atoms with E-state index in [0.29, 0.717) is 0 Å². The summed E-state index contributed by atoms with van der Waals surface area (Å²) < 4.78 is 0. The lowest BCUT2D eigenvalue weighted by Crippen LogP contribution is -2.40. The number of hydrazine groups is 1. The summed E-state index contributed by atoms with van der Waals surface area (Å²) in [5, 5.41) is 0. The molecule has 0 amide bonds. The Morgan fingerprint density at radius 3 is 1.70 bits per heavy atom. The van der Waals surface area contributed by atoms with Crippen molar-refractivity contribution in [3.05, 3.63) is 214 Å². The lowest BCUT2D eigenvalue weighted by atomic mass is 9.67. The minimum absolute atomic E-state index is 0.0607. The van der Waals surface area contributed by atoms with Gasteiger partial charge in [0.1, 0.15) is 0 Å². The predicted molar refractivity (Wildman–Crippen MR) is 225 cm³/mol. The van der Waals surface area contributed by atoms with E-state index < -0.39 is 5.41 Å². The summed E-state index contributed by atoms with van der Waals surface area (Å²) in [6.07, 6.45) is 0. The normalized spacial score (nSPS) is 15.0. The Balaban J connectivity index is 1.23. The summed E-state index contributed by atoms with van der Waals surface area (Å²) in [5.41, 5.74) is 23.2. The van der Waals surface area contributed by atoms with Gasteiger partial charge in [0.05, 0.1) is 16.8 Å². The third kappa shape index (κ3) is 5.01. The number of aliphatic imine (C=N–C) groups is 1. The van der Waals surface area contributed by atoms with Crippen LogP contribution in [0.3, 0.4) is 0 Å². The van der Waals surface area contributed by atoms with E-state index in [0.717, 1.165) is 45.0 Å². The molecule has 0 bridgehead atoms. The van der Waals surface area contributed by atoms with Crippen molar-refractivity contribution < 1.29 is 0 Å². The molecule has 0 aromatic heterocycles. The third-order valence-electron chi connectivity index (χ3n) is 11.2. The molecule has 2 N–H and O–H groups in total. The molecule has 2 aliphatic heterocycles. The summed E-state index contributed by atoms with van der Waals surface area (Å²) >= 11 is 1.87. The molecule has 0 saturated carbocycles. The van der Waals surface area contributed by atoms with Crippen LogP contribution in [0, 0.1) is 0 Å². The molecule has 1 spiro atoms. The Labute approximate surface area is 321 Å². The van der Waals surface area contributed by atoms with Crippen LogP contribution in [0.2, 0.25) is 0 Å². The van der Waals surface area contributed by atoms with Gasteiger partial charge in [-0.1, -0.05) is 184 Å². The molecule has 0 atom stereocenters. The van der Waals surface area contributed by atoms with Crippen LogP contribution in [0.5, 0.6) is 0 Å². The molecule has 0 saturated heterocycles. The largest absolute Gasteiger partial charge is 0.297 e. The second-order valence-corrected chi connectivity index (χ2v) is 16.4. The number of hydrogen-bond acceptors (Lipinski definition) is 4. The Bertz CT molecular complexity index is 2620. The van der Waals surface area contributed by atoms with Crippen molar-refractivity contribution in [3.63, 3.8) is 0 Å². The first-order chi connectivity index (χ1) is 26.4. The van der Waals surface area contributed by atoms with Gasteiger partial charge in [-0.15, -0.1) is 0 Å². The zero-order chi connectivity index (χ0) is 36.4. The Hall–Kier alpha value is -6.10. The van der Waals surface area contributed by atoms with Gasteiger partial charge in [-0.3, -0.25) is 10.9 Å². The van der Waals surface area contributed by atoms with Gasteiger partial charge in [0.15, 0.2) is 5.84 Å².